The Bertz CT molecular complexity index is 742. The number of carbonyl (C=O) groups is 2. The summed E-state index contributed by atoms with van der Waals surface area (Å²) in [4.78, 5) is 40.8. The van der Waals surface area contributed by atoms with Crippen LogP contribution in [0.15, 0.2) is 18.5 Å². The van der Waals surface area contributed by atoms with Crippen LogP contribution in [0.25, 0.3) is 0 Å². The third-order valence-electron chi connectivity index (χ3n) is 7.10. The van der Waals surface area contributed by atoms with E-state index in [1.807, 2.05) is 6.07 Å². The summed E-state index contributed by atoms with van der Waals surface area (Å²) in [5.41, 5.74) is 0. The van der Waals surface area contributed by atoms with Crippen LogP contribution in [0.2, 0.25) is 0 Å². The van der Waals surface area contributed by atoms with Crippen LogP contribution < -0.4 is 4.90 Å². The summed E-state index contributed by atoms with van der Waals surface area (Å²) < 4.78 is 0. The van der Waals surface area contributed by atoms with Crippen molar-refractivity contribution in [2.45, 2.75) is 44.6 Å². The van der Waals surface area contributed by atoms with E-state index in [0.717, 1.165) is 57.8 Å². The van der Waals surface area contributed by atoms with Crippen molar-refractivity contribution in [3.05, 3.63) is 18.5 Å². The number of nitrogens with zero attached hydrogens (tertiary/aromatic N) is 5. The van der Waals surface area contributed by atoms with Crippen molar-refractivity contribution < 1.29 is 9.59 Å². The summed E-state index contributed by atoms with van der Waals surface area (Å²) >= 11 is 0. The summed E-state index contributed by atoms with van der Waals surface area (Å²) in [6, 6.07) is 2.18. The van der Waals surface area contributed by atoms with Crippen LogP contribution in [0.5, 0.6) is 0 Å². The number of fused-ring (bicyclic) bond motifs is 4. The van der Waals surface area contributed by atoms with Gasteiger partial charge in [-0.3, -0.25) is 9.59 Å². The van der Waals surface area contributed by atoms with Crippen molar-refractivity contribution in [2.24, 2.45) is 17.8 Å². The molecule has 4 fully saturated rings. The summed E-state index contributed by atoms with van der Waals surface area (Å²) in [5, 5.41) is 0. The zero-order chi connectivity index (χ0) is 19.1. The van der Waals surface area contributed by atoms with Gasteiger partial charge in [0, 0.05) is 57.6 Å². The fourth-order valence-electron chi connectivity index (χ4n) is 5.86. The molecule has 5 heterocycles. The minimum atomic E-state index is 0.0282. The predicted molar refractivity (Wildman–Crippen MR) is 104 cm³/mol. The zero-order valence-electron chi connectivity index (χ0n) is 16.4. The smallest absolute Gasteiger partial charge is 0.227 e. The van der Waals surface area contributed by atoms with Crippen molar-refractivity contribution in [1.29, 1.82) is 0 Å². The van der Waals surface area contributed by atoms with Crippen LogP contribution >= 0.6 is 0 Å². The molecule has 0 aliphatic carbocycles. The van der Waals surface area contributed by atoms with Gasteiger partial charge in [-0.2, -0.15) is 0 Å². The van der Waals surface area contributed by atoms with Gasteiger partial charge in [0.1, 0.15) is 0 Å². The molecule has 4 aliphatic rings. The number of piperidine rings is 4. The van der Waals surface area contributed by atoms with Gasteiger partial charge in [0.15, 0.2) is 0 Å². The number of likely N-dealkylation sites (tertiary alicyclic amines) is 1. The lowest BCUT2D eigenvalue weighted by Gasteiger charge is -2.53. The second-order valence-electron chi connectivity index (χ2n) is 8.94. The number of anilines is 1. The van der Waals surface area contributed by atoms with Crippen molar-refractivity contribution in [1.82, 2.24) is 19.8 Å². The Kier molecular flexibility index (Phi) is 4.69. The van der Waals surface area contributed by atoms with E-state index in [4.69, 9.17) is 0 Å². The van der Waals surface area contributed by atoms with E-state index in [2.05, 4.69) is 24.7 Å². The highest BCUT2D eigenvalue weighted by molar-refractivity contribution is 5.80. The first kappa shape index (κ1) is 17.9. The molecular formula is C21H29N5O2. The molecule has 2 unspecified atom stereocenters. The monoisotopic (exact) mass is 383 g/mol. The average Bonchev–Trinajstić information content (AvgIpc) is 2.75. The van der Waals surface area contributed by atoms with E-state index in [1.165, 1.54) is 6.42 Å². The van der Waals surface area contributed by atoms with Gasteiger partial charge in [-0.15, -0.1) is 0 Å². The van der Waals surface area contributed by atoms with Gasteiger partial charge in [-0.05, 0) is 50.0 Å². The Balaban J connectivity index is 1.27. The average molecular weight is 383 g/mol. The third-order valence-corrected chi connectivity index (χ3v) is 7.10. The molecule has 5 rings (SSSR count). The first-order valence-electron chi connectivity index (χ1n) is 10.8. The standard InChI is InChI=1S/C21H29N5O2/c27-19-6-1-5-18-17-10-15(12-26(18)19)11-25(14-17)20(28)16-4-2-9-24(13-16)21-22-7-3-8-23-21/h3,7-8,15-18H,1-2,4-6,9-14H2/t15-,16?,17+,18?/m1/s1. The van der Waals surface area contributed by atoms with Crippen LogP contribution in [-0.2, 0) is 9.59 Å². The normalized spacial score (nSPS) is 32.9. The van der Waals surface area contributed by atoms with Gasteiger partial charge in [0.05, 0.1) is 5.92 Å². The highest BCUT2D eigenvalue weighted by Crippen LogP contribution is 2.38. The summed E-state index contributed by atoms with van der Waals surface area (Å²) in [6.07, 6.45) is 9.46. The molecular weight excluding hydrogens is 354 g/mol. The van der Waals surface area contributed by atoms with E-state index in [9.17, 15) is 9.59 Å². The Hall–Kier alpha value is -2.18. The van der Waals surface area contributed by atoms with Crippen LogP contribution in [0, 0.1) is 17.8 Å². The number of hydrogen-bond donors (Lipinski definition) is 0. The predicted octanol–water partition coefficient (Wildman–Crippen LogP) is 1.55. The molecule has 4 saturated heterocycles. The van der Waals surface area contributed by atoms with E-state index < -0.39 is 0 Å². The fraction of sp³-hybridized carbons (Fsp3) is 0.714. The minimum absolute atomic E-state index is 0.0282. The molecule has 0 radical (unpaired) electrons. The number of carbonyl (C=O) groups excluding carboxylic acids is 2. The molecule has 150 valence electrons. The van der Waals surface area contributed by atoms with Crippen molar-refractivity contribution in [2.75, 3.05) is 37.6 Å². The molecule has 0 N–H and O–H groups in total. The Labute approximate surface area is 166 Å². The molecule has 1 aromatic rings. The zero-order valence-corrected chi connectivity index (χ0v) is 16.4. The molecule has 7 heteroatoms. The molecule has 0 spiro atoms. The largest absolute Gasteiger partial charge is 0.342 e. The topological polar surface area (TPSA) is 69.6 Å². The number of rotatable bonds is 2. The maximum Gasteiger partial charge on any atom is 0.227 e. The highest BCUT2D eigenvalue weighted by atomic mass is 16.2. The second-order valence-corrected chi connectivity index (χ2v) is 8.94. The molecule has 4 aliphatic heterocycles. The molecule has 7 nitrogen and oxygen atoms in total. The van der Waals surface area contributed by atoms with Gasteiger partial charge in [-0.25, -0.2) is 9.97 Å². The van der Waals surface area contributed by atoms with Gasteiger partial charge >= 0.3 is 0 Å². The Morgan fingerprint density at radius 2 is 1.89 bits per heavy atom. The first-order chi connectivity index (χ1) is 13.7. The maximum absolute atomic E-state index is 13.4. The molecule has 1 aromatic heterocycles. The van der Waals surface area contributed by atoms with Crippen molar-refractivity contribution >= 4 is 17.8 Å². The number of aromatic nitrogens is 2. The maximum atomic E-state index is 13.4. The SMILES string of the molecule is O=C(C1CCCN(c2ncccn2)C1)N1C[C@H]2C[C@@H](C1)C1CCCC(=O)N1C2. The van der Waals surface area contributed by atoms with Gasteiger partial charge in [0.2, 0.25) is 17.8 Å². The van der Waals surface area contributed by atoms with E-state index >= 15 is 0 Å². The quantitative estimate of drug-likeness (QED) is 0.775. The lowest BCUT2D eigenvalue weighted by atomic mass is 9.75. The van der Waals surface area contributed by atoms with Crippen molar-refractivity contribution in [3.8, 4) is 0 Å². The van der Waals surface area contributed by atoms with Gasteiger partial charge in [0.25, 0.3) is 0 Å². The number of amides is 2. The molecule has 0 aromatic carbocycles. The molecule has 28 heavy (non-hydrogen) atoms. The lowest BCUT2D eigenvalue weighted by molar-refractivity contribution is -0.150. The van der Waals surface area contributed by atoms with Crippen LogP contribution in [-0.4, -0.2) is 70.3 Å². The Morgan fingerprint density at radius 1 is 1.04 bits per heavy atom. The molecule has 2 amide bonds. The Morgan fingerprint density at radius 3 is 2.75 bits per heavy atom. The van der Waals surface area contributed by atoms with Gasteiger partial charge in [-0.1, -0.05) is 0 Å². The van der Waals surface area contributed by atoms with Crippen molar-refractivity contribution in [3.63, 3.8) is 0 Å². The first-order valence-corrected chi connectivity index (χ1v) is 10.8. The van der Waals surface area contributed by atoms with Crippen LogP contribution in [0.4, 0.5) is 5.95 Å². The van der Waals surface area contributed by atoms with E-state index in [0.29, 0.717) is 42.7 Å². The van der Waals surface area contributed by atoms with E-state index in [1.54, 1.807) is 12.4 Å². The highest BCUT2D eigenvalue weighted by Gasteiger charge is 2.45. The lowest BCUT2D eigenvalue weighted by Crippen LogP contribution is -2.62. The minimum Gasteiger partial charge on any atom is -0.342 e. The van der Waals surface area contributed by atoms with Gasteiger partial charge < -0.3 is 14.7 Å². The third kappa shape index (κ3) is 3.25. The molecule has 4 atom stereocenters. The van der Waals surface area contributed by atoms with Crippen LogP contribution in [0.3, 0.4) is 0 Å². The van der Waals surface area contributed by atoms with E-state index in [-0.39, 0.29) is 5.92 Å². The summed E-state index contributed by atoms with van der Waals surface area (Å²) in [5.74, 6) is 2.28. The number of hydrogen-bond acceptors (Lipinski definition) is 5. The fourth-order valence-corrected chi connectivity index (χ4v) is 5.86. The second kappa shape index (κ2) is 7.33. The summed E-state index contributed by atoms with van der Waals surface area (Å²) in [6.45, 7) is 4.10. The van der Waals surface area contributed by atoms with Crippen LogP contribution in [0.1, 0.15) is 38.5 Å². The molecule has 0 saturated carbocycles. The molecule has 2 bridgehead atoms. The summed E-state index contributed by atoms with van der Waals surface area (Å²) in [7, 11) is 0.